The lowest BCUT2D eigenvalue weighted by molar-refractivity contribution is -0.153. The normalized spacial score (nSPS) is 21.0. The fraction of sp³-hybridized carbons (Fsp3) is 0.714. The summed E-state index contributed by atoms with van der Waals surface area (Å²) in [7, 11) is 0. The highest BCUT2D eigenvalue weighted by atomic mass is 16.4. The number of nitrogens with one attached hydrogen (secondary N) is 1. The third-order valence-corrected chi connectivity index (χ3v) is 4.38. The van der Waals surface area contributed by atoms with E-state index in [1.54, 1.807) is 0 Å². The number of rotatable bonds is 5. The minimum atomic E-state index is -0.943. The molecule has 7 nitrogen and oxygen atoms in total. The molecule has 0 aliphatic heterocycles. The Labute approximate surface area is 122 Å². The van der Waals surface area contributed by atoms with Crippen molar-refractivity contribution >= 4 is 17.9 Å². The minimum Gasteiger partial charge on any atom is -0.481 e. The summed E-state index contributed by atoms with van der Waals surface area (Å²) in [4.78, 5) is 23.6. The van der Waals surface area contributed by atoms with Gasteiger partial charge < -0.3 is 9.52 Å². The van der Waals surface area contributed by atoms with Gasteiger partial charge in [-0.2, -0.15) is 0 Å². The predicted octanol–water partition coefficient (Wildman–Crippen LogP) is 2.31. The van der Waals surface area contributed by atoms with E-state index >= 15 is 0 Å². The van der Waals surface area contributed by atoms with Gasteiger partial charge in [0.2, 0.25) is 11.8 Å². The van der Waals surface area contributed by atoms with E-state index in [0.29, 0.717) is 24.7 Å². The first-order chi connectivity index (χ1) is 10.1. The number of hydrogen-bond donors (Lipinski definition) is 2. The lowest BCUT2D eigenvalue weighted by atomic mass is 9.71. The molecule has 0 aromatic carbocycles. The molecule has 114 valence electrons. The van der Waals surface area contributed by atoms with Gasteiger partial charge in [0.25, 0.3) is 0 Å². The van der Waals surface area contributed by atoms with Crippen molar-refractivity contribution in [3.63, 3.8) is 0 Å². The van der Waals surface area contributed by atoms with Crippen molar-refractivity contribution in [3.05, 3.63) is 5.89 Å². The number of anilines is 1. The van der Waals surface area contributed by atoms with Crippen LogP contribution in [-0.4, -0.2) is 27.2 Å². The molecule has 0 radical (unpaired) electrons. The molecule has 2 aliphatic carbocycles. The van der Waals surface area contributed by atoms with Crippen molar-refractivity contribution in [2.24, 2.45) is 5.41 Å². The summed E-state index contributed by atoms with van der Waals surface area (Å²) >= 11 is 0. The third-order valence-electron chi connectivity index (χ3n) is 4.38. The molecule has 0 saturated heterocycles. The maximum atomic E-state index is 12.1. The molecule has 1 heterocycles. The summed E-state index contributed by atoms with van der Waals surface area (Å²) in [5.74, 6) is -0.380. The first kappa shape index (κ1) is 14.0. The lowest BCUT2D eigenvalue weighted by Crippen LogP contribution is -2.37. The van der Waals surface area contributed by atoms with Crippen LogP contribution in [0.3, 0.4) is 0 Å². The van der Waals surface area contributed by atoms with E-state index in [4.69, 9.17) is 4.42 Å². The zero-order valence-corrected chi connectivity index (χ0v) is 11.8. The fourth-order valence-corrected chi connectivity index (χ4v) is 2.95. The molecule has 1 amide bonds. The van der Waals surface area contributed by atoms with E-state index < -0.39 is 11.4 Å². The second kappa shape index (κ2) is 5.46. The molecule has 2 fully saturated rings. The summed E-state index contributed by atoms with van der Waals surface area (Å²) < 4.78 is 5.36. The maximum absolute atomic E-state index is 12.1. The average Bonchev–Trinajstić information content (AvgIpc) is 3.20. The molecule has 0 spiro atoms. The Hall–Kier alpha value is -1.92. The van der Waals surface area contributed by atoms with Gasteiger partial charge in [0, 0.05) is 12.3 Å². The Balaban J connectivity index is 1.62. The predicted molar refractivity (Wildman–Crippen MR) is 72.7 cm³/mol. The number of carboxylic acids is 1. The highest BCUT2D eigenvalue weighted by Crippen LogP contribution is 2.41. The zero-order chi connectivity index (χ0) is 14.9. The van der Waals surface area contributed by atoms with E-state index in [9.17, 15) is 14.7 Å². The summed E-state index contributed by atoms with van der Waals surface area (Å²) in [6.07, 6.45) is 5.88. The van der Waals surface area contributed by atoms with Crippen LogP contribution in [0.25, 0.3) is 0 Å². The Bertz CT molecular complexity index is 544. The molecule has 0 unspecified atom stereocenters. The SMILES string of the molecule is O=C(CC1(C(=O)O)CCCCC1)Nc1nnc(C2CC2)o1. The molecular formula is C14H19N3O4. The van der Waals surface area contributed by atoms with Gasteiger partial charge in [-0.3, -0.25) is 14.9 Å². The van der Waals surface area contributed by atoms with Crippen molar-refractivity contribution in [2.45, 2.75) is 57.3 Å². The van der Waals surface area contributed by atoms with Crippen molar-refractivity contribution in [1.82, 2.24) is 10.2 Å². The standard InChI is InChI=1S/C14H19N3O4/c18-10(8-14(12(19)20)6-2-1-3-7-14)15-13-17-16-11(21-13)9-4-5-9/h9H,1-8H2,(H,19,20)(H,15,17,18). The average molecular weight is 293 g/mol. The molecule has 2 saturated carbocycles. The van der Waals surface area contributed by atoms with Crippen molar-refractivity contribution in [3.8, 4) is 0 Å². The fourth-order valence-electron chi connectivity index (χ4n) is 2.95. The molecule has 7 heteroatoms. The molecule has 21 heavy (non-hydrogen) atoms. The van der Waals surface area contributed by atoms with Gasteiger partial charge >= 0.3 is 12.0 Å². The smallest absolute Gasteiger partial charge is 0.322 e. The molecule has 0 bridgehead atoms. The largest absolute Gasteiger partial charge is 0.481 e. The molecule has 0 atom stereocenters. The highest BCUT2D eigenvalue weighted by Gasteiger charge is 2.41. The zero-order valence-electron chi connectivity index (χ0n) is 11.8. The van der Waals surface area contributed by atoms with Crippen LogP contribution < -0.4 is 5.32 Å². The van der Waals surface area contributed by atoms with Gasteiger partial charge in [0.1, 0.15) is 0 Å². The van der Waals surface area contributed by atoms with Gasteiger partial charge in [0.05, 0.1) is 5.41 Å². The van der Waals surface area contributed by atoms with Crippen LogP contribution in [0, 0.1) is 5.41 Å². The van der Waals surface area contributed by atoms with Crippen molar-refractivity contribution in [2.75, 3.05) is 5.32 Å². The summed E-state index contributed by atoms with van der Waals surface area (Å²) in [5, 5.41) is 19.7. The second-order valence-corrected chi connectivity index (χ2v) is 6.09. The number of aliphatic carboxylic acids is 1. The van der Waals surface area contributed by atoms with Gasteiger partial charge in [-0.1, -0.05) is 24.4 Å². The number of amides is 1. The van der Waals surface area contributed by atoms with Gasteiger partial charge in [-0.05, 0) is 25.7 Å². The van der Waals surface area contributed by atoms with Crippen LogP contribution in [0.5, 0.6) is 0 Å². The Morgan fingerprint density at radius 3 is 2.57 bits per heavy atom. The Morgan fingerprint density at radius 1 is 1.24 bits per heavy atom. The molecule has 3 rings (SSSR count). The van der Waals surface area contributed by atoms with Crippen LogP contribution in [0.1, 0.15) is 63.2 Å². The first-order valence-electron chi connectivity index (χ1n) is 7.46. The van der Waals surface area contributed by atoms with Crippen LogP contribution in [0.15, 0.2) is 4.42 Å². The quantitative estimate of drug-likeness (QED) is 0.863. The third kappa shape index (κ3) is 3.06. The van der Waals surface area contributed by atoms with Crippen LogP contribution >= 0.6 is 0 Å². The number of carbonyl (C=O) groups excluding carboxylic acids is 1. The van der Waals surface area contributed by atoms with Crippen LogP contribution in [-0.2, 0) is 9.59 Å². The number of carboxylic acid groups (broad SMARTS) is 1. The van der Waals surface area contributed by atoms with Crippen molar-refractivity contribution in [1.29, 1.82) is 0 Å². The summed E-state index contributed by atoms with van der Waals surface area (Å²) in [6, 6.07) is 0.0678. The minimum absolute atomic E-state index is 0.0382. The molecular weight excluding hydrogens is 274 g/mol. The molecule has 2 aliphatic rings. The number of aromatic nitrogens is 2. The highest BCUT2D eigenvalue weighted by molar-refractivity contribution is 5.92. The Kier molecular flexibility index (Phi) is 3.65. The van der Waals surface area contributed by atoms with E-state index in [1.807, 2.05) is 0 Å². The lowest BCUT2D eigenvalue weighted by Gasteiger charge is -2.32. The van der Waals surface area contributed by atoms with Gasteiger partial charge in [-0.15, -0.1) is 5.10 Å². The van der Waals surface area contributed by atoms with E-state index in [-0.39, 0.29) is 18.3 Å². The van der Waals surface area contributed by atoms with Crippen LogP contribution in [0.4, 0.5) is 6.01 Å². The molecule has 1 aromatic heterocycles. The van der Waals surface area contributed by atoms with Crippen molar-refractivity contribution < 1.29 is 19.1 Å². The topological polar surface area (TPSA) is 105 Å². The molecule has 2 N–H and O–H groups in total. The number of nitrogens with zero attached hydrogens (tertiary/aromatic N) is 2. The number of hydrogen-bond acceptors (Lipinski definition) is 5. The van der Waals surface area contributed by atoms with E-state index in [1.165, 1.54) is 0 Å². The second-order valence-electron chi connectivity index (χ2n) is 6.09. The van der Waals surface area contributed by atoms with E-state index in [0.717, 1.165) is 32.1 Å². The summed E-state index contributed by atoms with van der Waals surface area (Å²) in [5.41, 5.74) is -0.943. The van der Waals surface area contributed by atoms with E-state index in [2.05, 4.69) is 15.5 Å². The monoisotopic (exact) mass is 293 g/mol. The first-order valence-corrected chi connectivity index (χ1v) is 7.46. The van der Waals surface area contributed by atoms with Gasteiger partial charge in [-0.25, -0.2) is 0 Å². The van der Waals surface area contributed by atoms with Crippen LogP contribution in [0.2, 0.25) is 0 Å². The van der Waals surface area contributed by atoms with Gasteiger partial charge in [0.15, 0.2) is 0 Å². The Morgan fingerprint density at radius 2 is 1.95 bits per heavy atom. The molecule has 1 aromatic rings. The maximum Gasteiger partial charge on any atom is 0.322 e. The summed E-state index contributed by atoms with van der Waals surface area (Å²) in [6.45, 7) is 0. The number of carbonyl (C=O) groups is 2.